The largest absolute Gasteiger partial charge is 0.508 e. The van der Waals surface area contributed by atoms with E-state index in [0.29, 0.717) is 28.4 Å². The molecule has 1 aromatic heterocycles. The maximum absolute atomic E-state index is 12.8. The number of furan rings is 1. The molecule has 0 saturated heterocycles. The molecule has 0 fully saturated rings. The molecule has 5 rings (SSSR count). The first-order valence-electron chi connectivity index (χ1n) is 8.74. The maximum Gasteiger partial charge on any atom is 0.312 e. The Morgan fingerprint density at radius 1 is 1.00 bits per heavy atom. The molecule has 2 aliphatic heterocycles. The highest BCUT2D eigenvalue weighted by atomic mass is 16.5. The molecule has 0 spiro atoms. The molecule has 2 aromatic carbocycles. The Balaban J connectivity index is 1.64. The zero-order valence-electron chi connectivity index (χ0n) is 14.5. The van der Waals surface area contributed by atoms with Gasteiger partial charge in [-0.2, -0.15) is 0 Å². The number of ether oxygens (including phenoxy) is 2. The van der Waals surface area contributed by atoms with Crippen LogP contribution in [0.3, 0.4) is 0 Å². The summed E-state index contributed by atoms with van der Waals surface area (Å²) in [5, 5.41) is 9.57. The minimum atomic E-state index is -0.360. The molecule has 3 aromatic rings. The number of fused-ring (bicyclic) bond motifs is 3. The predicted octanol–water partition coefficient (Wildman–Crippen LogP) is 4.04. The molecule has 0 aliphatic carbocycles. The topological polar surface area (TPSA) is 86.0 Å². The van der Waals surface area contributed by atoms with Crippen LogP contribution >= 0.6 is 0 Å². The molecule has 2 aliphatic rings. The van der Waals surface area contributed by atoms with E-state index < -0.39 is 0 Å². The molecule has 1 atom stereocenters. The van der Waals surface area contributed by atoms with E-state index in [0.717, 1.165) is 5.56 Å². The second-order valence-electron chi connectivity index (χ2n) is 6.63. The molecule has 0 saturated carbocycles. The Morgan fingerprint density at radius 2 is 1.82 bits per heavy atom. The molecule has 1 N–H and O–H groups in total. The third kappa shape index (κ3) is 2.58. The van der Waals surface area contributed by atoms with Crippen molar-refractivity contribution in [2.24, 2.45) is 0 Å². The third-order valence-corrected chi connectivity index (χ3v) is 4.89. The predicted molar refractivity (Wildman–Crippen MR) is 98.3 cm³/mol. The number of carbonyl (C=O) groups excluding carboxylic acids is 2. The van der Waals surface area contributed by atoms with Gasteiger partial charge in [0.15, 0.2) is 5.76 Å². The second kappa shape index (κ2) is 6.13. The molecule has 0 amide bonds. The van der Waals surface area contributed by atoms with Crippen LogP contribution in [0.2, 0.25) is 0 Å². The van der Waals surface area contributed by atoms with Crippen molar-refractivity contribution in [3.05, 3.63) is 83.0 Å². The van der Waals surface area contributed by atoms with Crippen LogP contribution < -0.4 is 9.47 Å². The van der Waals surface area contributed by atoms with Crippen LogP contribution in [-0.4, -0.2) is 16.9 Å². The van der Waals surface area contributed by atoms with Crippen LogP contribution in [0.15, 0.2) is 65.0 Å². The summed E-state index contributed by atoms with van der Waals surface area (Å²) in [5.41, 5.74) is 1.89. The van der Waals surface area contributed by atoms with Crippen LogP contribution in [0.4, 0.5) is 0 Å². The van der Waals surface area contributed by atoms with Gasteiger partial charge in [-0.05, 0) is 42.0 Å². The molecule has 138 valence electrons. The summed E-state index contributed by atoms with van der Waals surface area (Å²) in [6.07, 6.45) is 3.17. The van der Waals surface area contributed by atoms with Gasteiger partial charge < -0.3 is 19.0 Å². The quantitative estimate of drug-likeness (QED) is 0.414. The van der Waals surface area contributed by atoms with Gasteiger partial charge in [-0.3, -0.25) is 9.59 Å². The fourth-order valence-electron chi connectivity index (χ4n) is 3.60. The number of hydrogen-bond donors (Lipinski definition) is 1. The van der Waals surface area contributed by atoms with Gasteiger partial charge in [-0.15, -0.1) is 0 Å². The van der Waals surface area contributed by atoms with Crippen LogP contribution in [-0.2, 0) is 4.79 Å². The van der Waals surface area contributed by atoms with Crippen molar-refractivity contribution >= 4 is 17.8 Å². The van der Waals surface area contributed by atoms with E-state index in [4.69, 9.17) is 13.9 Å². The van der Waals surface area contributed by atoms with Gasteiger partial charge in [0.05, 0.1) is 18.2 Å². The van der Waals surface area contributed by atoms with Gasteiger partial charge in [0.2, 0.25) is 5.78 Å². The highest BCUT2D eigenvalue weighted by molar-refractivity contribution is 6.15. The monoisotopic (exact) mass is 374 g/mol. The number of allylic oxidation sites excluding steroid dienone is 1. The van der Waals surface area contributed by atoms with Gasteiger partial charge in [-0.1, -0.05) is 12.1 Å². The number of esters is 1. The summed E-state index contributed by atoms with van der Waals surface area (Å²) < 4.78 is 16.6. The van der Waals surface area contributed by atoms with E-state index in [9.17, 15) is 14.7 Å². The van der Waals surface area contributed by atoms with Crippen LogP contribution in [0.1, 0.15) is 39.6 Å². The van der Waals surface area contributed by atoms with Gasteiger partial charge in [0.25, 0.3) is 0 Å². The van der Waals surface area contributed by atoms with E-state index in [-0.39, 0.29) is 35.6 Å². The molecule has 0 unspecified atom stereocenters. The molecule has 0 bridgehead atoms. The summed E-state index contributed by atoms with van der Waals surface area (Å²) in [4.78, 5) is 24.9. The smallest absolute Gasteiger partial charge is 0.312 e. The summed E-state index contributed by atoms with van der Waals surface area (Å²) in [6, 6.07) is 13.3. The van der Waals surface area contributed by atoms with Crippen molar-refractivity contribution in [3.63, 3.8) is 0 Å². The number of rotatable bonds is 2. The highest BCUT2D eigenvalue weighted by Gasteiger charge is 2.38. The second-order valence-corrected chi connectivity index (χ2v) is 6.63. The Bertz CT molecular complexity index is 1120. The van der Waals surface area contributed by atoms with Crippen molar-refractivity contribution in [3.8, 4) is 17.2 Å². The van der Waals surface area contributed by atoms with E-state index in [1.54, 1.807) is 54.6 Å². The number of Topliss-reactive ketones (excluding diaryl/α,β-unsaturated/α-hetero) is 1. The van der Waals surface area contributed by atoms with Crippen LogP contribution in [0.25, 0.3) is 6.08 Å². The first-order valence-corrected chi connectivity index (χ1v) is 8.74. The Hall–Kier alpha value is -3.80. The molecular weight excluding hydrogens is 360 g/mol. The fraction of sp³-hybridized carbons (Fsp3) is 0.0909. The first-order chi connectivity index (χ1) is 13.6. The zero-order chi connectivity index (χ0) is 19.3. The minimum absolute atomic E-state index is 0.114. The summed E-state index contributed by atoms with van der Waals surface area (Å²) in [6.45, 7) is 0. The van der Waals surface area contributed by atoms with E-state index in [2.05, 4.69) is 0 Å². The molecule has 28 heavy (non-hydrogen) atoms. The number of phenols is 1. The van der Waals surface area contributed by atoms with Crippen molar-refractivity contribution in [1.82, 2.24) is 0 Å². The number of ketones is 1. The Labute approximate surface area is 159 Å². The standard InChI is InChI=1S/C22H14O6/c23-13-5-3-12(4-6-13)16-11-19(24)27-17-8-7-15-21(25)18(28-22(15)20(16)17)10-14-2-1-9-26-14/h1-10,16,23H,11H2/b18-10-/t16-/m0/s1. The summed E-state index contributed by atoms with van der Waals surface area (Å²) >= 11 is 0. The molecular formula is C22H14O6. The van der Waals surface area contributed by atoms with Gasteiger partial charge in [0.1, 0.15) is 23.0 Å². The summed E-state index contributed by atoms with van der Waals surface area (Å²) in [7, 11) is 0. The Kier molecular flexibility index (Phi) is 3.58. The lowest BCUT2D eigenvalue weighted by molar-refractivity contribution is -0.135. The van der Waals surface area contributed by atoms with Crippen molar-refractivity contribution in [2.45, 2.75) is 12.3 Å². The lowest BCUT2D eigenvalue weighted by Crippen LogP contribution is -2.21. The first kappa shape index (κ1) is 16.4. The molecule has 6 heteroatoms. The molecule has 3 heterocycles. The van der Waals surface area contributed by atoms with E-state index in [1.165, 1.54) is 6.26 Å². The van der Waals surface area contributed by atoms with Gasteiger partial charge in [-0.25, -0.2) is 0 Å². The maximum atomic E-state index is 12.8. The lowest BCUT2D eigenvalue weighted by Gasteiger charge is -2.26. The number of benzene rings is 2. The highest BCUT2D eigenvalue weighted by Crippen LogP contribution is 2.49. The van der Waals surface area contributed by atoms with Gasteiger partial charge >= 0.3 is 5.97 Å². The average molecular weight is 374 g/mol. The third-order valence-electron chi connectivity index (χ3n) is 4.89. The number of carbonyl (C=O) groups is 2. The van der Waals surface area contributed by atoms with Gasteiger partial charge in [0, 0.05) is 17.6 Å². The van der Waals surface area contributed by atoms with Crippen molar-refractivity contribution < 1.29 is 28.6 Å². The average Bonchev–Trinajstić information content (AvgIpc) is 3.30. The molecule has 0 radical (unpaired) electrons. The fourth-order valence-corrected chi connectivity index (χ4v) is 3.60. The van der Waals surface area contributed by atoms with Crippen molar-refractivity contribution in [2.75, 3.05) is 0 Å². The number of aromatic hydroxyl groups is 1. The van der Waals surface area contributed by atoms with Crippen molar-refractivity contribution in [1.29, 1.82) is 0 Å². The summed E-state index contributed by atoms with van der Waals surface area (Å²) in [5.74, 6) is 0.604. The van der Waals surface area contributed by atoms with Crippen LogP contribution in [0, 0.1) is 0 Å². The molecule has 6 nitrogen and oxygen atoms in total. The minimum Gasteiger partial charge on any atom is -0.508 e. The zero-order valence-corrected chi connectivity index (χ0v) is 14.5. The Morgan fingerprint density at radius 3 is 2.57 bits per heavy atom. The SMILES string of the molecule is O=C1C[C@@H](c2ccc(O)cc2)c2c(ccc3c2O/C(=C\c2ccco2)C3=O)O1. The number of hydrogen-bond acceptors (Lipinski definition) is 6. The van der Waals surface area contributed by atoms with Crippen LogP contribution in [0.5, 0.6) is 17.2 Å². The number of phenolic OH excluding ortho intramolecular Hbond substituents is 1. The van der Waals surface area contributed by atoms with E-state index in [1.807, 2.05) is 0 Å². The van der Waals surface area contributed by atoms with E-state index >= 15 is 0 Å². The lowest BCUT2D eigenvalue weighted by atomic mass is 9.84. The normalized spacial score (nSPS) is 19.1.